The molecular weight excluding hydrogens is 329 g/mol. The minimum atomic E-state index is -1.27. The predicted molar refractivity (Wildman–Crippen MR) is 86.2 cm³/mol. The second-order valence-electron chi connectivity index (χ2n) is 6.18. The van der Waals surface area contributed by atoms with Crippen LogP contribution in [0.1, 0.15) is 12.8 Å². The second kappa shape index (κ2) is 10.1. The molecular formula is C17H25FN3O4+. The summed E-state index contributed by atoms with van der Waals surface area (Å²) in [6.07, 6.45) is 0.633. The maximum Gasteiger partial charge on any atom is 0.230 e. The normalized spacial score (nSPS) is 16.4. The van der Waals surface area contributed by atoms with Crippen molar-refractivity contribution in [3.05, 3.63) is 30.1 Å². The lowest BCUT2D eigenvalue weighted by atomic mass is 10.2. The Hall–Kier alpha value is -2.03. The molecule has 1 fully saturated rings. The van der Waals surface area contributed by atoms with Crippen LogP contribution in [0.4, 0.5) is 10.1 Å². The number of amides is 1. The molecule has 1 saturated heterocycles. The Morgan fingerprint density at radius 3 is 2.80 bits per heavy atom. The Balaban J connectivity index is 1.71. The van der Waals surface area contributed by atoms with E-state index in [0.717, 1.165) is 39.3 Å². The number of hydrogen-bond acceptors (Lipinski definition) is 4. The molecule has 25 heavy (non-hydrogen) atoms. The number of halogens is 1. The topological polar surface area (TPSA) is 99.5 Å². The summed E-state index contributed by atoms with van der Waals surface area (Å²) in [4.78, 5) is 24.6. The van der Waals surface area contributed by atoms with Crippen molar-refractivity contribution in [2.45, 2.75) is 18.9 Å². The molecule has 7 nitrogen and oxygen atoms in total. The van der Waals surface area contributed by atoms with Gasteiger partial charge in [0.2, 0.25) is 5.91 Å². The molecule has 0 aromatic heterocycles. The van der Waals surface area contributed by atoms with Gasteiger partial charge in [0.25, 0.3) is 0 Å². The molecule has 1 aromatic rings. The Kier molecular flexibility index (Phi) is 7.77. The lowest BCUT2D eigenvalue weighted by Gasteiger charge is -2.23. The number of ether oxygens (including phenoxy) is 1. The molecule has 138 valence electrons. The fourth-order valence-corrected chi connectivity index (χ4v) is 2.82. The first-order valence-corrected chi connectivity index (χ1v) is 8.55. The first-order chi connectivity index (χ1) is 12.0. The third kappa shape index (κ3) is 7.16. The highest BCUT2D eigenvalue weighted by molar-refractivity contribution is 5.93. The minimum Gasteiger partial charge on any atom is -0.544 e. The molecule has 1 aliphatic heterocycles. The molecule has 0 bridgehead atoms. The number of nitrogens with one attached hydrogen (secondary N) is 2. The number of carboxylic acid groups (broad SMARTS) is 1. The van der Waals surface area contributed by atoms with Crippen molar-refractivity contribution in [2.24, 2.45) is 0 Å². The SMILES string of the molecule is O=C(C[C@H]([NH2+]CCC[NH+]1CCOCC1)C(=O)[O-])Nc1cccc(F)c1. The van der Waals surface area contributed by atoms with Gasteiger partial charge in [0.05, 0.1) is 38.7 Å². The van der Waals surface area contributed by atoms with E-state index < -0.39 is 23.7 Å². The van der Waals surface area contributed by atoms with Gasteiger partial charge in [-0.25, -0.2) is 4.39 Å². The van der Waals surface area contributed by atoms with Crippen molar-refractivity contribution >= 4 is 17.6 Å². The molecule has 8 heteroatoms. The molecule has 0 aliphatic carbocycles. The zero-order valence-electron chi connectivity index (χ0n) is 14.1. The van der Waals surface area contributed by atoms with Crippen molar-refractivity contribution < 1.29 is 34.0 Å². The van der Waals surface area contributed by atoms with E-state index in [1.165, 1.54) is 23.1 Å². The fourth-order valence-electron chi connectivity index (χ4n) is 2.82. The Bertz CT molecular complexity index is 579. The molecule has 4 N–H and O–H groups in total. The van der Waals surface area contributed by atoms with Gasteiger partial charge in [-0.3, -0.25) is 4.79 Å². The van der Waals surface area contributed by atoms with Crippen LogP contribution in [-0.2, 0) is 14.3 Å². The summed E-state index contributed by atoms with van der Waals surface area (Å²) < 4.78 is 18.4. The lowest BCUT2D eigenvalue weighted by molar-refractivity contribution is -0.909. The molecule has 1 aliphatic rings. The first-order valence-electron chi connectivity index (χ1n) is 8.55. The quantitative estimate of drug-likeness (QED) is 0.416. The summed E-state index contributed by atoms with van der Waals surface area (Å²) in [6, 6.07) is 4.52. The average molecular weight is 354 g/mol. The van der Waals surface area contributed by atoms with E-state index in [0.29, 0.717) is 12.2 Å². The Morgan fingerprint density at radius 1 is 1.36 bits per heavy atom. The molecule has 2 rings (SSSR count). The summed E-state index contributed by atoms with van der Waals surface area (Å²) in [5.74, 6) is -2.21. The summed E-state index contributed by atoms with van der Waals surface area (Å²) >= 11 is 0. The lowest BCUT2D eigenvalue weighted by Crippen LogP contribution is -3.14. The standard InChI is InChI=1S/C17H24FN3O4/c18-13-3-1-4-14(11-13)20-16(22)12-15(17(23)24)19-5-2-6-21-7-9-25-10-8-21/h1,3-4,11,15,19H,2,5-10,12H2,(H,20,22)(H,23,24)/p+1/t15-/m0/s1. The van der Waals surface area contributed by atoms with Gasteiger partial charge >= 0.3 is 0 Å². The number of rotatable bonds is 9. The highest BCUT2D eigenvalue weighted by Gasteiger charge is 2.19. The third-order valence-corrected chi connectivity index (χ3v) is 4.20. The number of hydrogen-bond donors (Lipinski definition) is 3. The number of carbonyl (C=O) groups excluding carboxylic acids is 2. The number of aliphatic carboxylic acids is 1. The van der Waals surface area contributed by atoms with Crippen LogP contribution in [0.25, 0.3) is 0 Å². The van der Waals surface area contributed by atoms with Crippen molar-refractivity contribution in [3.63, 3.8) is 0 Å². The predicted octanol–water partition coefficient (Wildman–Crippen LogP) is -2.86. The van der Waals surface area contributed by atoms with Gasteiger partial charge in [-0.2, -0.15) is 0 Å². The van der Waals surface area contributed by atoms with E-state index in [-0.39, 0.29) is 6.42 Å². The van der Waals surface area contributed by atoms with E-state index in [2.05, 4.69) is 5.32 Å². The number of anilines is 1. The summed E-state index contributed by atoms with van der Waals surface area (Å²) in [6.45, 7) is 5.03. The van der Waals surface area contributed by atoms with E-state index in [1.54, 1.807) is 11.4 Å². The largest absolute Gasteiger partial charge is 0.544 e. The second-order valence-corrected chi connectivity index (χ2v) is 6.18. The van der Waals surface area contributed by atoms with Crippen molar-refractivity contribution in [3.8, 4) is 0 Å². The highest BCUT2D eigenvalue weighted by Crippen LogP contribution is 2.09. The van der Waals surface area contributed by atoms with E-state index in [1.807, 2.05) is 0 Å². The van der Waals surface area contributed by atoms with Gasteiger partial charge in [-0.05, 0) is 18.2 Å². The highest BCUT2D eigenvalue weighted by atomic mass is 19.1. The van der Waals surface area contributed by atoms with Crippen molar-refractivity contribution in [1.82, 2.24) is 0 Å². The van der Waals surface area contributed by atoms with Crippen LogP contribution in [0.2, 0.25) is 0 Å². The van der Waals surface area contributed by atoms with Gasteiger partial charge in [0.1, 0.15) is 24.9 Å². The van der Waals surface area contributed by atoms with Crippen LogP contribution in [0.3, 0.4) is 0 Å². The van der Waals surface area contributed by atoms with Crippen molar-refractivity contribution in [1.29, 1.82) is 0 Å². The number of quaternary nitrogens is 2. The van der Waals surface area contributed by atoms with Gasteiger partial charge < -0.3 is 30.2 Å². The number of morpholine rings is 1. The van der Waals surface area contributed by atoms with Crippen molar-refractivity contribution in [2.75, 3.05) is 44.7 Å². The van der Waals surface area contributed by atoms with Crippen LogP contribution in [-0.4, -0.2) is 57.3 Å². The summed E-state index contributed by atoms with van der Waals surface area (Å²) in [7, 11) is 0. The van der Waals surface area contributed by atoms with E-state index in [9.17, 15) is 19.1 Å². The van der Waals surface area contributed by atoms with Crippen LogP contribution < -0.4 is 20.6 Å². The van der Waals surface area contributed by atoms with E-state index >= 15 is 0 Å². The van der Waals surface area contributed by atoms with Gasteiger partial charge in [0.15, 0.2) is 0 Å². The van der Waals surface area contributed by atoms with Gasteiger partial charge in [0, 0.05) is 12.1 Å². The monoisotopic (exact) mass is 354 g/mol. The number of benzene rings is 1. The molecule has 0 radical (unpaired) electrons. The van der Waals surface area contributed by atoms with Crippen LogP contribution in [0.5, 0.6) is 0 Å². The number of carboxylic acids is 1. The van der Waals surface area contributed by atoms with Crippen LogP contribution >= 0.6 is 0 Å². The van der Waals surface area contributed by atoms with Gasteiger partial charge in [-0.15, -0.1) is 0 Å². The molecule has 1 atom stereocenters. The van der Waals surface area contributed by atoms with E-state index in [4.69, 9.17) is 4.74 Å². The molecule has 0 spiro atoms. The Labute approximate surface area is 146 Å². The molecule has 1 aromatic carbocycles. The maximum atomic E-state index is 13.1. The van der Waals surface area contributed by atoms with Crippen LogP contribution in [0.15, 0.2) is 24.3 Å². The first kappa shape index (κ1) is 19.3. The summed E-state index contributed by atoms with van der Waals surface area (Å²) in [5, 5.41) is 15.4. The summed E-state index contributed by atoms with van der Waals surface area (Å²) in [5.41, 5.74) is 0.304. The molecule has 0 unspecified atom stereocenters. The maximum absolute atomic E-state index is 13.1. The smallest absolute Gasteiger partial charge is 0.230 e. The van der Waals surface area contributed by atoms with Crippen LogP contribution in [0, 0.1) is 5.82 Å². The zero-order chi connectivity index (χ0) is 18.1. The molecule has 0 saturated carbocycles. The zero-order valence-corrected chi connectivity index (χ0v) is 14.1. The molecule has 1 amide bonds. The average Bonchev–Trinajstić information content (AvgIpc) is 2.58. The molecule has 1 heterocycles. The third-order valence-electron chi connectivity index (χ3n) is 4.20. The number of nitrogens with two attached hydrogens (primary N) is 1. The number of carbonyl (C=O) groups is 2. The minimum absolute atomic E-state index is 0.219. The Morgan fingerprint density at radius 2 is 2.12 bits per heavy atom. The fraction of sp³-hybridized carbons (Fsp3) is 0.529. The van der Waals surface area contributed by atoms with Gasteiger partial charge in [-0.1, -0.05) is 6.07 Å².